The Bertz CT molecular complexity index is 1200. The van der Waals surface area contributed by atoms with E-state index in [0.717, 1.165) is 38.5 Å². The van der Waals surface area contributed by atoms with Gasteiger partial charge in [-0.1, -0.05) is 333 Å². The van der Waals surface area contributed by atoms with Crippen molar-refractivity contribution in [2.24, 2.45) is 0 Å². The summed E-state index contributed by atoms with van der Waals surface area (Å²) >= 11 is 0. The summed E-state index contributed by atoms with van der Waals surface area (Å²) in [7, 11) is 0. The van der Waals surface area contributed by atoms with Crippen molar-refractivity contribution in [3.8, 4) is 0 Å². The topological polar surface area (TPSA) is 110 Å². The summed E-state index contributed by atoms with van der Waals surface area (Å²) < 4.78 is 0. The maximum atomic E-state index is 12.6. The third-order valence-corrected chi connectivity index (χ3v) is 16.3. The highest BCUT2D eigenvalue weighted by Gasteiger charge is 2.28. The minimum Gasteiger partial charge on any atom is -0.394 e. The van der Waals surface area contributed by atoms with Crippen LogP contribution in [-0.4, -0.2) is 57.3 Å². The summed E-state index contributed by atoms with van der Waals surface area (Å²) in [6.45, 7) is 4.09. The van der Waals surface area contributed by atoms with Gasteiger partial charge < -0.3 is 25.7 Å². The summed E-state index contributed by atoms with van der Waals surface area (Å²) in [5, 5.41) is 44.1. The van der Waals surface area contributed by atoms with E-state index in [2.05, 4.69) is 55.6 Å². The van der Waals surface area contributed by atoms with Crippen LogP contribution in [0.5, 0.6) is 0 Å². The Balaban J connectivity index is 3.55. The quantitative estimate of drug-likeness (QED) is 0.0308. The van der Waals surface area contributed by atoms with E-state index in [9.17, 15) is 25.2 Å². The Labute approximate surface area is 475 Å². The van der Waals surface area contributed by atoms with Gasteiger partial charge in [-0.25, -0.2) is 0 Å². The second-order valence-corrected chi connectivity index (χ2v) is 23.9. The highest BCUT2D eigenvalue weighted by atomic mass is 16.3. The highest BCUT2D eigenvalue weighted by molar-refractivity contribution is 5.80. The minimum atomic E-state index is -1.29. The standard InChI is InChI=1S/C70H135NO5/c1-3-5-7-9-11-13-15-17-19-21-23-25-27-28-29-30-31-32-33-34-35-36-37-38-39-40-41-42-44-46-48-50-52-54-56-58-60-62-64-68(74)70(76)71-66(65-72)69(75)67(73)63-61-59-57-55-53-51-49-47-45-43-26-24-22-20-18-16-14-12-10-8-6-4-2/h34-35,47,49,55,57,66-69,72-75H,3-33,36-46,48,50-54,56,58-65H2,1-2H3,(H,71,76)/b35-34-,49-47+,57-55+. The fourth-order valence-corrected chi connectivity index (χ4v) is 11.0. The van der Waals surface area contributed by atoms with Crippen LogP contribution in [0.2, 0.25) is 0 Å². The largest absolute Gasteiger partial charge is 0.394 e. The number of hydrogen-bond donors (Lipinski definition) is 5. The smallest absolute Gasteiger partial charge is 0.249 e. The molecule has 0 saturated heterocycles. The van der Waals surface area contributed by atoms with E-state index in [1.807, 2.05) is 0 Å². The highest BCUT2D eigenvalue weighted by Crippen LogP contribution is 2.19. The number of unbranched alkanes of at least 4 members (excludes halogenated alkanes) is 49. The number of carbonyl (C=O) groups is 1. The van der Waals surface area contributed by atoms with Crippen molar-refractivity contribution < 1.29 is 25.2 Å². The molecule has 6 heteroatoms. The molecule has 0 radical (unpaired) electrons. The molecule has 0 aromatic heterocycles. The van der Waals surface area contributed by atoms with Crippen LogP contribution in [-0.2, 0) is 4.79 Å². The molecule has 5 N–H and O–H groups in total. The van der Waals surface area contributed by atoms with Gasteiger partial charge in [-0.15, -0.1) is 0 Å². The molecule has 450 valence electrons. The van der Waals surface area contributed by atoms with Gasteiger partial charge in [0.05, 0.1) is 18.8 Å². The van der Waals surface area contributed by atoms with Gasteiger partial charge in [-0.05, 0) is 77.0 Å². The first-order valence-electron chi connectivity index (χ1n) is 34.4. The van der Waals surface area contributed by atoms with Crippen LogP contribution in [0.25, 0.3) is 0 Å². The number of hydrogen-bond acceptors (Lipinski definition) is 5. The van der Waals surface area contributed by atoms with Crippen LogP contribution in [0, 0.1) is 0 Å². The normalized spacial score (nSPS) is 13.7. The van der Waals surface area contributed by atoms with E-state index in [1.54, 1.807) is 0 Å². The molecule has 0 aliphatic carbocycles. The van der Waals surface area contributed by atoms with Crippen LogP contribution in [0.4, 0.5) is 0 Å². The number of aliphatic hydroxyl groups is 4. The number of nitrogens with one attached hydrogen (secondary N) is 1. The SMILES string of the molecule is CCCCCCCCCCCCCCC/C=C/CC/C=C/CCCC(O)C(O)C(CO)NC(=O)C(O)CCCCCCCCCCCCCCCCCC/C=C\CCCCCCCCCCCCCCCCCCCC. The third kappa shape index (κ3) is 57.2. The van der Waals surface area contributed by atoms with Crippen molar-refractivity contribution >= 4 is 5.91 Å². The van der Waals surface area contributed by atoms with Crippen LogP contribution in [0.15, 0.2) is 36.5 Å². The molecular weight excluding hydrogens is 935 g/mol. The van der Waals surface area contributed by atoms with Crippen molar-refractivity contribution in [1.29, 1.82) is 0 Å². The van der Waals surface area contributed by atoms with E-state index in [1.165, 1.54) is 302 Å². The van der Waals surface area contributed by atoms with Gasteiger partial charge in [0.1, 0.15) is 12.2 Å². The maximum Gasteiger partial charge on any atom is 0.249 e. The lowest BCUT2D eigenvalue weighted by Crippen LogP contribution is -2.53. The van der Waals surface area contributed by atoms with E-state index in [4.69, 9.17) is 0 Å². The van der Waals surface area contributed by atoms with Gasteiger partial charge in [0.25, 0.3) is 0 Å². The number of aliphatic hydroxyl groups excluding tert-OH is 4. The molecule has 0 aromatic carbocycles. The molecule has 0 aliphatic heterocycles. The van der Waals surface area contributed by atoms with Crippen molar-refractivity contribution in [3.63, 3.8) is 0 Å². The number of carbonyl (C=O) groups excluding carboxylic acids is 1. The molecule has 0 aromatic rings. The van der Waals surface area contributed by atoms with Crippen molar-refractivity contribution in [2.45, 2.75) is 398 Å². The zero-order valence-electron chi connectivity index (χ0n) is 51.3. The Kier molecular flexibility index (Phi) is 63.1. The van der Waals surface area contributed by atoms with Crippen LogP contribution in [0.3, 0.4) is 0 Å². The molecular formula is C70H135NO5. The Morgan fingerprint density at radius 3 is 0.829 bits per heavy atom. The van der Waals surface area contributed by atoms with E-state index in [-0.39, 0.29) is 0 Å². The van der Waals surface area contributed by atoms with Crippen LogP contribution >= 0.6 is 0 Å². The lowest BCUT2D eigenvalue weighted by Gasteiger charge is -2.27. The van der Waals surface area contributed by atoms with Crippen LogP contribution in [0.1, 0.15) is 373 Å². The van der Waals surface area contributed by atoms with Gasteiger partial charge in [0.2, 0.25) is 5.91 Å². The van der Waals surface area contributed by atoms with Gasteiger partial charge in [0, 0.05) is 0 Å². The molecule has 0 spiro atoms. The Morgan fingerprint density at radius 1 is 0.316 bits per heavy atom. The molecule has 0 heterocycles. The number of amides is 1. The Hall–Kier alpha value is -1.47. The van der Waals surface area contributed by atoms with E-state index >= 15 is 0 Å². The predicted molar refractivity (Wildman–Crippen MR) is 334 cm³/mol. The van der Waals surface area contributed by atoms with Gasteiger partial charge in [-0.3, -0.25) is 4.79 Å². The number of rotatable bonds is 64. The third-order valence-electron chi connectivity index (χ3n) is 16.3. The van der Waals surface area contributed by atoms with Crippen molar-refractivity contribution in [3.05, 3.63) is 36.5 Å². The van der Waals surface area contributed by atoms with Crippen molar-refractivity contribution in [1.82, 2.24) is 5.32 Å². The van der Waals surface area contributed by atoms with Gasteiger partial charge in [0.15, 0.2) is 0 Å². The average Bonchev–Trinajstić information content (AvgIpc) is 3.42. The molecule has 6 nitrogen and oxygen atoms in total. The number of allylic oxidation sites excluding steroid dienone is 6. The van der Waals surface area contributed by atoms with E-state index in [0.29, 0.717) is 19.3 Å². The molecule has 0 bridgehead atoms. The molecule has 0 aliphatic rings. The second-order valence-electron chi connectivity index (χ2n) is 23.9. The van der Waals surface area contributed by atoms with Crippen molar-refractivity contribution in [2.75, 3.05) is 6.61 Å². The molecule has 4 atom stereocenters. The lowest BCUT2D eigenvalue weighted by atomic mass is 10.00. The molecule has 4 unspecified atom stereocenters. The van der Waals surface area contributed by atoms with Gasteiger partial charge >= 0.3 is 0 Å². The summed E-state index contributed by atoms with van der Waals surface area (Å²) in [5.74, 6) is -0.592. The van der Waals surface area contributed by atoms with Crippen LogP contribution < -0.4 is 5.32 Å². The summed E-state index contributed by atoms with van der Waals surface area (Å²) in [4.78, 5) is 12.6. The first-order chi connectivity index (χ1) is 37.5. The minimum absolute atomic E-state index is 0.362. The monoisotopic (exact) mass is 1070 g/mol. The fraction of sp³-hybridized carbons (Fsp3) is 0.900. The summed E-state index contributed by atoms with van der Waals surface area (Å²) in [6, 6.07) is -1.01. The lowest BCUT2D eigenvalue weighted by molar-refractivity contribution is -0.132. The molecule has 76 heavy (non-hydrogen) atoms. The van der Waals surface area contributed by atoms with Gasteiger partial charge in [-0.2, -0.15) is 0 Å². The maximum absolute atomic E-state index is 12.6. The second kappa shape index (κ2) is 64.4. The molecule has 1 amide bonds. The molecule has 0 fully saturated rings. The molecule has 0 rings (SSSR count). The van der Waals surface area contributed by atoms with E-state index < -0.39 is 36.9 Å². The Morgan fingerprint density at radius 2 is 0.553 bits per heavy atom. The average molecular weight is 1070 g/mol. The first kappa shape index (κ1) is 74.5. The predicted octanol–water partition coefficient (Wildman–Crippen LogP) is 21.1. The first-order valence-corrected chi connectivity index (χ1v) is 34.4. The summed E-state index contributed by atoms with van der Waals surface area (Å²) in [6.07, 6.45) is 82.8. The zero-order valence-corrected chi connectivity index (χ0v) is 51.3. The zero-order chi connectivity index (χ0) is 55.1. The fourth-order valence-electron chi connectivity index (χ4n) is 11.0. The summed E-state index contributed by atoms with van der Waals surface area (Å²) in [5.41, 5.74) is 0. The molecule has 0 saturated carbocycles.